The summed E-state index contributed by atoms with van der Waals surface area (Å²) in [6.45, 7) is 0.0117. The number of sulfonamides is 1. The summed E-state index contributed by atoms with van der Waals surface area (Å²) in [5.41, 5.74) is 0.0450. The number of carbonyl (C=O) groups is 2. The van der Waals surface area contributed by atoms with Gasteiger partial charge in [0.05, 0.1) is 17.7 Å². The number of methoxy groups -OCH3 is 1. The van der Waals surface area contributed by atoms with Crippen molar-refractivity contribution >= 4 is 33.4 Å². The summed E-state index contributed by atoms with van der Waals surface area (Å²) in [4.78, 5) is 24.1. The fourth-order valence-corrected chi connectivity index (χ4v) is 5.08. The van der Waals surface area contributed by atoms with Gasteiger partial charge in [0, 0.05) is 18.7 Å². The van der Waals surface area contributed by atoms with Gasteiger partial charge in [-0.15, -0.1) is 0 Å². The maximum Gasteiger partial charge on any atom is 0.338 e. The summed E-state index contributed by atoms with van der Waals surface area (Å²) in [5.74, 6) is -2.01. The van der Waals surface area contributed by atoms with Crippen molar-refractivity contribution in [3.63, 3.8) is 0 Å². The van der Waals surface area contributed by atoms with Crippen molar-refractivity contribution in [2.45, 2.75) is 24.2 Å². The minimum Gasteiger partial charge on any atom is -0.495 e. The molecular formula is C21H21ClFNO6S. The van der Waals surface area contributed by atoms with E-state index < -0.39 is 39.1 Å². The Kier molecular flexibility index (Phi) is 7.30. The fourth-order valence-electron chi connectivity index (χ4n) is 3.21. The highest BCUT2D eigenvalue weighted by Gasteiger charge is 2.29. The zero-order valence-electron chi connectivity index (χ0n) is 16.8. The standard InChI is InChI=1S/C21H21ClFNO6S/c1-29-19-8-6-14(11-16(19)22)18(25)13-30-21(26)15-5-7-17(23)20(12-15)31(27,28)24-9-3-2-4-10-24/h5-8,11-12H,2-4,9-10,13H2,1H3. The highest BCUT2D eigenvalue weighted by Crippen LogP contribution is 2.26. The number of benzene rings is 2. The normalized spacial score (nSPS) is 14.8. The van der Waals surface area contributed by atoms with Crippen LogP contribution in [0.4, 0.5) is 4.39 Å². The third-order valence-electron chi connectivity index (χ3n) is 4.91. The van der Waals surface area contributed by atoms with Crippen LogP contribution in [0.15, 0.2) is 41.3 Å². The molecule has 7 nitrogen and oxygen atoms in total. The second-order valence-electron chi connectivity index (χ2n) is 6.96. The van der Waals surface area contributed by atoms with Crippen LogP contribution in [-0.4, -0.2) is 51.3 Å². The molecule has 0 aliphatic carbocycles. The molecule has 1 heterocycles. The number of ketones is 1. The lowest BCUT2D eigenvalue weighted by Crippen LogP contribution is -2.36. The summed E-state index contributed by atoms with van der Waals surface area (Å²) in [5, 5.41) is 0.228. The minimum atomic E-state index is -4.08. The number of halogens is 2. The van der Waals surface area contributed by atoms with Crippen LogP contribution in [0.5, 0.6) is 5.75 Å². The first-order chi connectivity index (χ1) is 14.7. The monoisotopic (exact) mass is 469 g/mol. The van der Waals surface area contributed by atoms with Gasteiger partial charge in [0.15, 0.2) is 12.4 Å². The number of esters is 1. The van der Waals surface area contributed by atoms with Crippen LogP contribution in [0.3, 0.4) is 0 Å². The molecule has 1 saturated heterocycles. The van der Waals surface area contributed by atoms with Gasteiger partial charge >= 0.3 is 5.97 Å². The molecule has 1 aliphatic heterocycles. The first-order valence-electron chi connectivity index (χ1n) is 9.57. The second kappa shape index (κ2) is 9.76. The molecular weight excluding hydrogens is 449 g/mol. The molecule has 10 heteroatoms. The lowest BCUT2D eigenvalue weighted by Gasteiger charge is -2.26. The molecule has 0 saturated carbocycles. The summed E-state index contributed by atoms with van der Waals surface area (Å²) >= 11 is 5.99. The Balaban J connectivity index is 1.73. The first kappa shape index (κ1) is 23.2. The molecule has 3 rings (SSSR count). The van der Waals surface area contributed by atoms with Crippen molar-refractivity contribution in [2.24, 2.45) is 0 Å². The Hall–Kier alpha value is -2.49. The maximum absolute atomic E-state index is 14.3. The Morgan fingerprint density at radius 2 is 1.74 bits per heavy atom. The van der Waals surface area contributed by atoms with Crippen LogP contribution in [0.2, 0.25) is 5.02 Å². The van der Waals surface area contributed by atoms with E-state index in [1.54, 1.807) is 0 Å². The number of Topliss-reactive ketones (excluding diaryl/α,β-unsaturated/α-hetero) is 1. The van der Waals surface area contributed by atoms with Crippen LogP contribution >= 0.6 is 11.6 Å². The van der Waals surface area contributed by atoms with E-state index in [4.69, 9.17) is 21.1 Å². The predicted octanol–water partition coefficient (Wildman–Crippen LogP) is 3.70. The lowest BCUT2D eigenvalue weighted by atomic mass is 10.1. The summed E-state index contributed by atoms with van der Waals surface area (Å²) in [7, 11) is -2.64. The molecule has 0 unspecified atom stereocenters. The van der Waals surface area contributed by atoms with E-state index in [2.05, 4.69) is 0 Å². The number of rotatable bonds is 7. The third kappa shape index (κ3) is 5.23. The van der Waals surface area contributed by atoms with Crippen molar-refractivity contribution < 1.29 is 31.9 Å². The number of hydrogen-bond acceptors (Lipinski definition) is 6. The molecule has 1 fully saturated rings. The summed E-state index contributed by atoms with van der Waals surface area (Å²) < 4.78 is 51.1. The molecule has 0 spiro atoms. The van der Waals surface area contributed by atoms with E-state index in [-0.39, 0.29) is 16.1 Å². The smallest absolute Gasteiger partial charge is 0.338 e. The van der Waals surface area contributed by atoms with Gasteiger partial charge in [0.2, 0.25) is 10.0 Å². The number of carbonyl (C=O) groups excluding carboxylic acids is 2. The van der Waals surface area contributed by atoms with Gasteiger partial charge in [0.1, 0.15) is 16.5 Å². The summed E-state index contributed by atoms with van der Waals surface area (Å²) in [6.07, 6.45) is 2.30. The Morgan fingerprint density at radius 1 is 1.06 bits per heavy atom. The molecule has 2 aromatic carbocycles. The van der Waals surface area contributed by atoms with E-state index in [1.807, 2.05) is 0 Å². The highest BCUT2D eigenvalue weighted by molar-refractivity contribution is 7.89. The third-order valence-corrected chi connectivity index (χ3v) is 7.12. The van der Waals surface area contributed by atoms with E-state index in [0.717, 1.165) is 24.6 Å². The molecule has 0 amide bonds. The van der Waals surface area contributed by atoms with Crippen LogP contribution in [0, 0.1) is 5.82 Å². The number of nitrogens with zero attached hydrogens (tertiary/aromatic N) is 1. The first-order valence-corrected chi connectivity index (χ1v) is 11.4. The molecule has 0 aromatic heterocycles. The van der Waals surface area contributed by atoms with Gasteiger partial charge < -0.3 is 9.47 Å². The van der Waals surface area contributed by atoms with E-state index >= 15 is 0 Å². The SMILES string of the molecule is COc1ccc(C(=O)COC(=O)c2ccc(F)c(S(=O)(=O)N3CCCCC3)c2)cc1Cl. The largest absolute Gasteiger partial charge is 0.495 e. The molecule has 0 atom stereocenters. The Morgan fingerprint density at radius 3 is 2.39 bits per heavy atom. The van der Waals surface area contributed by atoms with Gasteiger partial charge in [-0.25, -0.2) is 17.6 Å². The zero-order valence-corrected chi connectivity index (χ0v) is 18.3. The molecule has 2 aromatic rings. The second-order valence-corrected chi connectivity index (χ2v) is 9.27. The van der Waals surface area contributed by atoms with Crippen molar-refractivity contribution in [3.8, 4) is 5.75 Å². The average molecular weight is 470 g/mol. The Bertz CT molecular complexity index is 1100. The minimum absolute atomic E-state index is 0.169. The average Bonchev–Trinajstić information content (AvgIpc) is 2.77. The van der Waals surface area contributed by atoms with Gasteiger partial charge in [-0.2, -0.15) is 4.31 Å². The number of hydrogen-bond donors (Lipinski definition) is 0. The van der Waals surface area contributed by atoms with Crippen LogP contribution < -0.4 is 4.74 Å². The van der Waals surface area contributed by atoms with Crippen molar-refractivity contribution in [3.05, 3.63) is 58.4 Å². The van der Waals surface area contributed by atoms with Gasteiger partial charge in [-0.1, -0.05) is 18.0 Å². The van der Waals surface area contributed by atoms with Crippen LogP contribution in [-0.2, 0) is 14.8 Å². The molecule has 0 N–H and O–H groups in total. The van der Waals surface area contributed by atoms with Crippen LogP contribution in [0.1, 0.15) is 40.0 Å². The van der Waals surface area contributed by atoms with Crippen molar-refractivity contribution in [2.75, 3.05) is 26.8 Å². The molecule has 31 heavy (non-hydrogen) atoms. The fraction of sp³-hybridized carbons (Fsp3) is 0.333. The van der Waals surface area contributed by atoms with Crippen molar-refractivity contribution in [1.29, 1.82) is 0 Å². The maximum atomic E-state index is 14.3. The summed E-state index contributed by atoms with van der Waals surface area (Å²) in [6, 6.07) is 7.32. The molecule has 0 bridgehead atoms. The number of piperidine rings is 1. The quantitative estimate of drug-likeness (QED) is 0.453. The van der Waals surface area contributed by atoms with Crippen LogP contribution in [0.25, 0.3) is 0 Å². The topological polar surface area (TPSA) is 90.0 Å². The van der Waals surface area contributed by atoms with E-state index in [0.29, 0.717) is 31.7 Å². The Labute approximate surface area is 184 Å². The molecule has 166 valence electrons. The van der Waals surface area contributed by atoms with E-state index in [1.165, 1.54) is 29.6 Å². The van der Waals surface area contributed by atoms with Gasteiger partial charge in [0.25, 0.3) is 0 Å². The van der Waals surface area contributed by atoms with E-state index in [9.17, 15) is 22.4 Å². The van der Waals surface area contributed by atoms with Crippen molar-refractivity contribution in [1.82, 2.24) is 4.31 Å². The highest BCUT2D eigenvalue weighted by atomic mass is 35.5. The van der Waals surface area contributed by atoms with Gasteiger partial charge in [-0.05, 0) is 49.2 Å². The molecule has 1 aliphatic rings. The van der Waals surface area contributed by atoms with Gasteiger partial charge in [-0.3, -0.25) is 4.79 Å². The zero-order chi connectivity index (χ0) is 22.6. The predicted molar refractivity (Wildman–Crippen MR) is 112 cm³/mol. The number of ether oxygens (including phenoxy) is 2. The molecule has 0 radical (unpaired) electrons. The lowest BCUT2D eigenvalue weighted by molar-refractivity contribution is 0.0474.